The number of aryl methyl sites for hydroxylation is 1. The molecule has 124 valence electrons. The van der Waals surface area contributed by atoms with E-state index in [1.807, 2.05) is 43.1 Å². The van der Waals surface area contributed by atoms with Crippen molar-refractivity contribution in [2.75, 3.05) is 20.1 Å². The molecule has 0 aliphatic heterocycles. The Bertz CT molecular complexity index is 655. The number of hydrogen-bond acceptors (Lipinski definition) is 4. The molecule has 0 saturated heterocycles. The van der Waals surface area contributed by atoms with Crippen LogP contribution in [0.1, 0.15) is 24.2 Å². The van der Waals surface area contributed by atoms with E-state index in [9.17, 15) is 0 Å². The summed E-state index contributed by atoms with van der Waals surface area (Å²) >= 11 is 6.22. The Labute approximate surface area is 141 Å². The Hall–Kier alpha value is -2.08. The molecule has 0 saturated carbocycles. The van der Waals surface area contributed by atoms with Crippen LogP contribution < -0.4 is 5.32 Å². The molecule has 0 amide bonds. The van der Waals surface area contributed by atoms with Crippen LogP contribution >= 0.6 is 11.6 Å². The summed E-state index contributed by atoms with van der Waals surface area (Å²) in [6.07, 6.45) is 0.621. The number of aliphatic imine (C=N–C) groups is 1. The Balaban J connectivity index is 1.98. The van der Waals surface area contributed by atoms with Gasteiger partial charge in [0.2, 0.25) is 5.89 Å². The summed E-state index contributed by atoms with van der Waals surface area (Å²) in [7, 11) is 1.99. The topological polar surface area (TPSA) is 66.5 Å². The van der Waals surface area contributed by atoms with Gasteiger partial charge in [-0.2, -0.15) is 4.98 Å². The zero-order valence-electron chi connectivity index (χ0n) is 13.7. The van der Waals surface area contributed by atoms with Crippen molar-refractivity contribution >= 4 is 17.6 Å². The number of hydrogen-bond donors (Lipinski definition) is 1. The first-order valence-corrected chi connectivity index (χ1v) is 8.00. The SMILES string of the molecule is CCNC(=NCCc1nc(C)no1)N(C)Cc1ccccc1Cl. The Morgan fingerprint density at radius 2 is 2.17 bits per heavy atom. The van der Waals surface area contributed by atoms with Crippen LogP contribution in [-0.2, 0) is 13.0 Å². The van der Waals surface area contributed by atoms with Gasteiger partial charge in [-0.25, -0.2) is 0 Å². The highest BCUT2D eigenvalue weighted by atomic mass is 35.5. The predicted octanol–water partition coefficient (Wildman–Crippen LogP) is 2.67. The van der Waals surface area contributed by atoms with E-state index in [-0.39, 0.29) is 0 Å². The highest BCUT2D eigenvalue weighted by Crippen LogP contribution is 2.16. The second-order valence-corrected chi connectivity index (χ2v) is 5.58. The Kier molecular flexibility index (Phi) is 6.40. The molecule has 1 aromatic carbocycles. The number of halogens is 1. The van der Waals surface area contributed by atoms with Crippen LogP contribution in [0, 0.1) is 6.92 Å². The molecule has 0 atom stereocenters. The van der Waals surface area contributed by atoms with Gasteiger partial charge in [-0.1, -0.05) is 35.0 Å². The zero-order valence-corrected chi connectivity index (χ0v) is 14.5. The van der Waals surface area contributed by atoms with Gasteiger partial charge in [0.1, 0.15) is 0 Å². The number of aromatic nitrogens is 2. The van der Waals surface area contributed by atoms with Crippen LogP contribution in [-0.4, -0.2) is 41.1 Å². The van der Waals surface area contributed by atoms with Crippen LogP contribution in [0.2, 0.25) is 5.02 Å². The molecule has 6 nitrogen and oxygen atoms in total. The minimum Gasteiger partial charge on any atom is -0.357 e. The van der Waals surface area contributed by atoms with E-state index < -0.39 is 0 Å². The first-order valence-electron chi connectivity index (χ1n) is 7.62. The van der Waals surface area contributed by atoms with Crippen molar-refractivity contribution < 1.29 is 4.52 Å². The summed E-state index contributed by atoms with van der Waals surface area (Å²) in [5.74, 6) is 2.08. The lowest BCUT2D eigenvalue weighted by atomic mass is 10.2. The van der Waals surface area contributed by atoms with Gasteiger partial charge in [0, 0.05) is 31.6 Å². The molecule has 0 spiro atoms. The van der Waals surface area contributed by atoms with Crippen molar-refractivity contribution in [1.82, 2.24) is 20.4 Å². The van der Waals surface area contributed by atoms with Crippen LogP contribution in [0.5, 0.6) is 0 Å². The normalized spacial score (nSPS) is 11.6. The lowest BCUT2D eigenvalue weighted by Crippen LogP contribution is -2.38. The molecule has 0 unspecified atom stereocenters. The summed E-state index contributed by atoms with van der Waals surface area (Å²) < 4.78 is 5.10. The molecule has 1 heterocycles. The highest BCUT2D eigenvalue weighted by molar-refractivity contribution is 6.31. The molecule has 1 aromatic heterocycles. The lowest BCUT2D eigenvalue weighted by molar-refractivity contribution is 0.375. The van der Waals surface area contributed by atoms with E-state index in [0.29, 0.717) is 31.2 Å². The fraction of sp³-hybridized carbons (Fsp3) is 0.438. The van der Waals surface area contributed by atoms with Crippen molar-refractivity contribution in [3.05, 3.63) is 46.6 Å². The first kappa shape index (κ1) is 17.3. The molecule has 2 rings (SSSR count). The molecule has 0 bridgehead atoms. The molecule has 2 aromatic rings. The van der Waals surface area contributed by atoms with Crippen LogP contribution in [0.25, 0.3) is 0 Å². The van der Waals surface area contributed by atoms with Gasteiger partial charge in [0.05, 0.1) is 6.54 Å². The van der Waals surface area contributed by atoms with Crippen molar-refractivity contribution in [3.8, 4) is 0 Å². The maximum atomic E-state index is 6.22. The summed E-state index contributed by atoms with van der Waals surface area (Å²) in [5.41, 5.74) is 1.06. The first-order chi connectivity index (χ1) is 11.1. The summed E-state index contributed by atoms with van der Waals surface area (Å²) in [6, 6.07) is 7.82. The summed E-state index contributed by atoms with van der Waals surface area (Å²) in [5, 5.41) is 7.82. The molecule has 0 fully saturated rings. The predicted molar refractivity (Wildman–Crippen MR) is 91.6 cm³/mol. The minimum atomic E-state index is 0.580. The van der Waals surface area contributed by atoms with E-state index in [1.165, 1.54) is 0 Å². The third-order valence-electron chi connectivity index (χ3n) is 3.22. The van der Waals surface area contributed by atoms with Crippen molar-refractivity contribution in [2.45, 2.75) is 26.8 Å². The van der Waals surface area contributed by atoms with Gasteiger partial charge in [-0.3, -0.25) is 4.99 Å². The van der Waals surface area contributed by atoms with E-state index in [1.54, 1.807) is 6.92 Å². The minimum absolute atomic E-state index is 0.580. The van der Waals surface area contributed by atoms with Crippen molar-refractivity contribution in [2.24, 2.45) is 4.99 Å². The highest BCUT2D eigenvalue weighted by Gasteiger charge is 2.09. The monoisotopic (exact) mass is 335 g/mol. The molecule has 0 aliphatic carbocycles. The average Bonchev–Trinajstić information content (AvgIpc) is 2.94. The molecule has 23 heavy (non-hydrogen) atoms. The van der Waals surface area contributed by atoms with Gasteiger partial charge >= 0.3 is 0 Å². The van der Waals surface area contributed by atoms with Crippen molar-refractivity contribution in [3.63, 3.8) is 0 Å². The number of nitrogens with zero attached hydrogens (tertiary/aromatic N) is 4. The fourth-order valence-electron chi connectivity index (χ4n) is 2.13. The maximum absolute atomic E-state index is 6.22. The van der Waals surface area contributed by atoms with Crippen LogP contribution in [0.15, 0.2) is 33.8 Å². The van der Waals surface area contributed by atoms with E-state index >= 15 is 0 Å². The third kappa shape index (κ3) is 5.25. The quantitative estimate of drug-likeness (QED) is 0.649. The largest absolute Gasteiger partial charge is 0.357 e. The van der Waals surface area contributed by atoms with E-state index in [4.69, 9.17) is 16.1 Å². The fourth-order valence-corrected chi connectivity index (χ4v) is 2.32. The number of nitrogens with one attached hydrogen (secondary N) is 1. The number of benzene rings is 1. The second-order valence-electron chi connectivity index (χ2n) is 5.17. The molecule has 0 aliphatic rings. The van der Waals surface area contributed by atoms with Gasteiger partial charge in [-0.15, -0.1) is 0 Å². The maximum Gasteiger partial charge on any atom is 0.228 e. The Morgan fingerprint density at radius 3 is 2.83 bits per heavy atom. The molecule has 1 N–H and O–H groups in total. The molecule has 7 heteroatoms. The van der Waals surface area contributed by atoms with E-state index in [2.05, 4.69) is 20.4 Å². The number of guanidine groups is 1. The molecule has 0 radical (unpaired) electrons. The van der Waals surface area contributed by atoms with Gasteiger partial charge in [-0.05, 0) is 25.5 Å². The summed E-state index contributed by atoms with van der Waals surface area (Å²) in [4.78, 5) is 10.8. The third-order valence-corrected chi connectivity index (χ3v) is 3.59. The summed E-state index contributed by atoms with van der Waals surface area (Å²) in [6.45, 7) is 5.91. The van der Waals surface area contributed by atoms with Crippen LogP contribution in [0.3, 0.4) is 0 Å². The average molecular weight is 336 g/mol. The van der Waals surface area contributed by atoms with Gasteiger partial charge < -0.3 is 14.7 Å². The zero-order chi connectivity index (χ0) is 16.7. The van der Waals surface area contributed by atoms with Crippen LogP contribution in [0.4, 0.5) is 0 Å². The lowest BCUT2D eigenvalue weighted by Gasteiger charge is -2.22. The second kappa shape index (κ2) is 8.53. The molecular weight excluding hydrogens is 314 g/mol. The van der Waals surface area contributed by atoms with Gasteiger partial charge in [0.15, 0.2) is 11.8 Å². The smallest absolute Gasteiger partial charge is 0.228 e. The number of rotatable bonds is 6. The van der Waals surface area contributed by atoms with Crippen molar-refractivity contribution in [1.29, 1.82) is 0 Å². The van der Waals surface area contributed by atoms with E-state index in [0.717, 1.165) is 23.1 Å². The molecular formula is C16H22ClN5O. The standard InChI is InChI=1S/C16H22ClN5O/c1-4-18-16(19-10-9-15-20-12(2)21-23-15)22(3)11-13-7-5-6-8-14(13)17/h5-8H,4,9-11H2,1-3H3,(H,18,19). The Morgan fingerprint density at radius 1 is 1.39 bits per heavy atom. The van der Waals surface area contributed by atoms with Gasteiger partial charge in [0.25, 0.3) is 0 Å².